The average Bonchev–Trinajstić information content (AvgIpc) is 3.05. The number of hydrogen-bond acceptors (Lipinski definition) is 3. The Morgan fingerprint density at radius 1 is 1.30 bits per heavy atom. The van der Waals surface area contributed by atoms with E-state index in [9.17, 15) is 0 Å². The molecule has 0 amide bonds. The van der Waals surface area contributed by atoms with Gasteiger partial charge in [-0.2, -0.15) is 5.10 Å². The molecule has 0 aromatic carbocycles. The molecule has 0 radical (unpaired) electrons. The molecule has 0 fully saturated rings. The molecule has 3 nitrogen and oxygen atoms in total. The third-order valence-corrected chi connectivity index (χ3v) is 4.92. The number of halogens is 1. The van der Waals surface area contributed by atoms with Gasteiger partial charge in [-0.15, -0.1) is 11.3 Å². The van der Waals surface area contributed by atoms with Gasteiger partial charge in [0.05, 0.1) is 10.0 Å². The van der Waals surface area contributed by atoms with E-state index in [2.05, 4.69) is 37.6 Å². The zero-order valence-electron chi connectivity index (χ0n) is 12.3. The van der Waals surface area contributed by atoms with Crippen molar-refractivity contribution >= 4 is 22.9 Å². The van der Waals surface area contributed by atoms with Crippen molar-refractivity contribution in [3.63, 3.8) is 0 Å². The molecule has 0 bridgehead atoms. The predicted molar refractivity (Wildman–Crippen MR) is 86.7 cm³/mol. The fourth-order valence-electron chi connectivity index (χ4n) is 2.39. The number of hydrogen-bond donors (Lipinski definition) is 1. The highest BCUT2D eigenvalue weighted by atomic mass is 35.5. The van der Waals surface area contributed by atoms with Gasteiger partial charge in [-0.3, -0.25) is 4.68 Å². The molecule has 0 aliphatic heterocycles. The molecule has 20 heavy (non-hydrogen) atoms. The van der Waals surface area contributed by atoms with Crippen LogP contribution < -0.4 is 5.73 Å². The first-order valence-electron chi connectivity index (χ1n) is 7.18. The summed E-state index contributed by atoms with van der Waals surface area (Å²) < 4.78 is 2.91. The molecule has 2 heterocycles. The van der Waals surface area contributed by atoms with Gasteiger partial charge >= 0.3 is 0 Å². The van der Waals surface area contributed by atoms with Crippen molar-refractivity contribution in [2.45, 2.75) is 52.1 Å². The number of nitrogens with zero attached hydrogens (tertiary/aromatic N) is 2. The summed E-state index contributed by atoms with van der Waals surface area (Å²) in [5.74, 6) is 0. The zero-order valence-corrected chi connectivity index (χ0v) is 13.8. The Hall–Kier alpha value is -0.840. The van der Waals surface area contributed by atoms with Gasteiger partial charge in [0, 0.05) is 16.6 Å². The maximum atomic E-state index is 6.37. The first-order chi connectivity index (χ1) is 9.60. The van der Waals surface area contributed by atoms with Gasteiger partial charge in [0.15, 0.2) is 0 Å². The van der Waals surface area contributed by atoms with Gasteiger partial charge in [0.1, 0.15) is 6.04 Å². The van der Waals surface area contributed by atoms with Crippen LogP contribution in [0.2, 0.25) is 4.34 Å². The van der Waals surface area contributed by atoms with E-state index in [0.29, 0.717) is 0 Å². The summed E-state index contributed by atoms with van der Waals surface area (Å²) in [5, 5.41) is 4.75. The Morgan fingerprint density at radius 3 is 2.55 bits per heavy atom. The Labute approximate surface area is 129 Å². The van der Waals surface area contributed by atoms with Crippen LogP contribution in [0.5, 0.6) is 0 Å². The highest BCUT2D eigenvalue weighted by Gasteiger charge is 2.25. The Balaban J connectivity index is 2.48. The summed E-state index contributed by atoms with van der Waals surface area (Å²) in [6.07, 6.45) is 2.81. The molecule has 2 N–H and O–H groups in total. The lowest BCUT2D eigenvalue weighted by atomic mass is 10.0. The Bertz CT molecular complexity index is 561. The van der Waals surface area contributed by atoms with Crippen LogP contribution in [-0.4, -0.2) is 15.8 Å². The normalized spacial score (nSPS) is 14.4. The smallest absolute Gasteiger partial charge is 0.101 e. The van der Waals surface area contributed by atoms with Crippen LogP contribution in [0.3, 0.4) is 0 Å². The summed E-state index contributed by atoms with van der Waals surface area (Å²) in [6.45, 7) is 6.40. The van der Waals surface area contributed by atoms with Gasteiger partial charge < -0.3 is 5.73 Å². The monoisotopic (exact) mass is 311 g/mol. The summed E-state index contributed by atoms with van der Waals surface area (Å²) >= 11 is 7.69. The topological polar surface area (TPSA) is 43.8 Å². The van der Waals surface area contributed by atoms with Crippen LogP contribution in [0.1, 0.15) is 49.5 Å². The van der Waals surface area contributed by atoms with Gasteiger partial charge in [-0.1, -0.05) is 32.4 Å². The molecule has 5 heteroatoms. The molecule has 2 unspecified atom stereocenters. The molecule has 0 aliphatic carbocycles. The molecule has 2 rings (SSSR count). The molecular weight excluding hydrogens is 290 g/mol. The third-order valence-electron chi connectivity index (χ3n) is 3.61. The number of thiophene rings is 1. The van der Waals surface area contributed by atoms with E-state index in [1.54, 1.807) is 11.3 Å². The molecule has 0 saturated carbocycles. The lowest BCUT2D eigenvalue weighted by Crippen LogP contribution is -2.33. The molecular formula is C15H22ClN3S. The van der Waals surface area contributed by atoms with Crippen molar-refractivity contribution in [1.82, 2.24) is 9.78 Å². The van der Waals surface area contributed by atoms with Crippen molar-refractivity contribution < 1.29 is 0 Å². The molecule has 2 aromatic heterocycles. The molecule has 0 spiro atoms. The predicted octanol–water partition coefficient (Wildman–Crippen LogP) is 4.05. The van der Waals surface area contributed by atoms with Crippen LogP contribution in [0, 0.1) is 0 Å². The lowest BCUT2D eigenvalue weighted by Gasteiger charge is -2.24. The van der Waals surface area contributed by atoms with Crippen molar-refractivity contribution in [3.05, 3.63) is 38.8 Å². The second kappa shape index (κ2) is 6.74. The van der Waals surface area contributed by atoms with E-state index in [4.69, 9.17) is 22.4 Å². The van der Waals surface area contributed by atoms with Crippen LogP contribution in [-0.2, 0) is 12.8 Å². The number of aromatic nitrogens is 2. The van der Waals surface area contributed by atoms with Gasteiger partial charge in [0.2, 0.25) is 0 Å². The Kier molecular flexibility index (Phi) is 5.24. The summed E-state index contributed by atoms with van der Waals surface area (Å²) in [6, 6.07) is 6.31. The first kappa shape index (κ1) is 15.5. The molecule has 2 atom stereocenters. The standard InChI is InChI=1S/C15H22ClN3S/c1-4-10-9-11(5-2)19(18-10)15(12(17)6-3)13-7-8-14(16)20-13/h7-9,12,15H,4-6,17H2,1-3H3. The van der Waals surface area contributed by atoms with E-state index in [1.807, 2.05) is 6.07 Å². The zero-order chi connectivity index (χ0) is 14.7. The van der Waals surface area contributed by atoms with Crippen molar-refractivity contribution in [3.8, 4) is 0 Å². The van der Waals surface area contributed by atoms with E-state index in [0.717, 1.165) is 29.3 Å². The van der Waals surface area contributed by atoms with Gasteiger partial charge in [0.25, 0.3) is 0 Å². The average molecular weight is 312 g/mol. The summed E-state index contributed by atoms with van der Waals surface area (Å²) in [4.78, 5) is 1.19. The lowest BCUT2D eigenvalue weighted by molar-refractivity contribution is 0.416. The van der Waals surface area contributed by atoms with Crippen LogP contribution in [0.15, 0.2) is 18.2 Å². The molecule has 0 aliphatic rings. The second-order valence-electron chi connectivity index (χ2n) is 4.94. The maximum absolute atomic E-state index is 6.37. The molecule has 2 aromatic rings. The third kappa shape index (κ3) is 3.08. The van der Waals surface area contributed by atoms with Crippen molar-refractivity contribution in [2.24, 2.45) is 5.73 Å². The fraction of sp³-hybridized carbons (Fsp3) is 0.533. The van der Waals surface area contributed by atoms with Crippen molar-refractivity contribution in [1.29, 1.82) is 0 Å². The maximum Gasteiger partial charge on any atom is 0.101 e. The minimum atomic E-state index is 0.0413. The fourth-order valence-corrected chi connectivity index (χ4v) is 3.61. The second-order valence-corrected chi connectivity index (χ2v) is 6.68. The van der Waals surface area contributed by atoms with Gasteiger partial charge in [-0.05, 0) is 37.5 Å². The first-order valence-corrected chi connectivity index (χ1v) is 8.38. The van der Waals surface area contributed by atoms with E-state index in [-0.39, 0.29) is 12.1 Å². The van der Waals surface area contributed by atoms with Crippen molar-refractivity contribution in [2.75, 3.05) is 0 Å². The molecule has 110 valence electrons. The quantitative estimate of drug-likeness (QED) is 0.874. The highest BCUT2D eigenvalue weighted by Crippen LogP contribution is 2.32. The number of rotatable bonds is 6. The van der Waals surface area contributed by atoms with E-state index in [1.165, 1.54) is 10.6 Å². The Morgan fingerprint density at radius 2 is 2.05 bits per heavy atom. The minimum Gasteiger partial charge on any atom is -0.326 e. The van der Waals surface area contributed by atoms with E-state index >= 15 is 0 Å². The van der Waals surface area contributed by atoms with Crippen LogP contribution in [0.25, 0.3) is 0 Å². The van der Waals surface area contributed by atoms with E-state index < -0.39 is 0 Å². The van der Waals surface area contributed by atoms with Crippen LogP contribution >= 0.6 is 22.9 Å². The summed E-state index contributed by atoms with van der Waals surface area (Å²) in [7, 11) is 0. The molecule has 0 saturated heterocycles. The summed E-state index contributed by atoms with van der Waals surface area (Å²) in [5.41, 5.74) is 8.73. The minimum absolute atomic E-state index is 0.0413. The van der Waals surface area contributed by atoms with Crippen LogP contribution in [0.4, 0.5) is 0 Å². The number of nitrogens with two attached hydrogens (primary N) is 1. The number of aryl methyl sites for hydroxylation is 2. The van der Waals surface area contributed by atoms with Gasteiger partial charge in [-0.25, -0.2) is 0 Å². The largest absolute Gasteiger partial charge is 0.326 e. The highest BCUT2D eigenvalue weighted by molar-refractivity contribution is 7.16. The SMILES string of the molecule is CCc1cc(CC)n(C(c2ccc(Cl)s2)C(N)CC)n1.